The lowest BCUT2D eigenvalue weighted by molar-refractivity contribution is -0.137. The Morgan fingerprint density at radius 3 is 2.53 bits per heavy atom. The van der Waals surface area contributed by atoms with E-state index in [1.54, 1.807) is 12.1 Å². The Hall–Kier alpha value is -2.71. The van der Waals surface area contributed by atoms with E-state index in [1.165, 1.54) is 12.1 Å². The fourth-order valence-electron chi connectivity index (χ4n) is 3.89. The summed E-state index contributed by atoms with van der Waals surface area (Å²) in [4.78, 5) is 24.2. The van der Waals surface area contributed by atoms with Crippen LogP contribution in [0.1, 0.15) is 29.9 Å². The van der Waals surface area contributed by atoms with Gasteiger partial charge in [-0.25, -0.2) is 4.98 Å². The molecule has 3 aromatic rings. The highest BCUT2D eigenvalue weighted by molar-refractivity contribution is 5.77. The monoisotopic (exact) mass is 416 g/mol. The maximum Gasteiger partial charge on any atom is 0.416 e. The summed E-state index contributed by atoms with van der Waals surface area (Å²) >= 11 is 0. The van der Waals surface area contributed by atoms with E-state index in [4.69, 9.17) is 0 Å². The standard InChI is InChI=1S/C22H23F3N4O/c1-15(20-26-19-8-3-2-7-18(19)21(30)27-20)29-11-9-28(10-12-29)14-16-5-4-6-17(13-16)22(23,24)25/h2-8,13,15H,9-12,14H2,1H3,(H,26,27,30)/t15-/m0/s1. The minimum Gasteiger partial charge on any atom is -0.309 e. The Morgan fingerprint density at radius 2 is 1.80 bits per heavy atom. The zero-order valence-electron chi connectivity index (χ0n) is 16.6. The van der Waals surface area contributed by atoms with Crippen molar-refractivity contribution in [2.75, 3.05) is 26.2 Å². The minimum atomic E-state index is -4.33. The molecule has 1 aliphatic rings. The van der Waals surface area contributed by atoms with Crippen LogP contribution in [0.25, 0.3) is 10.9 Å². The molecule has 8 heteroatoms. The highest BCUT2D eigenvalue weighted by atomic mass is 19.4. The lowest BCUT2D eigenvalue weighted by atomic mass is 10.1. The number of fused-ring (bicyclic) bond motifs is 1. The molecular weight excluding hydrogens is 393 g/mol. The number of nitrogens with zero attached hydrogens (tertiary/aromatic N) is 3. The summed E-state index contributed by atoms with van der Waals surface area (Å²) in [5, 5.41) is 0.569. The molecule has 0 spiro atoms. The maximum absolute atomic E-state index is 12.9. The SMILES string of the molecule is C[C@@H](c1nc2ccccc2c(=O)[nH]1)N1CCN(Cc2cccc(C(F)(F)F)c2)CC1. The van der Waals surface area contributed by atoms with Crippen molar-refractivity contribution in [3.63, 3.8) is 0 Å². The molecule has 4 rings (SSSR count). The molecule has 1 atom stereocenters. The van der Waals surface area contributed by atoms with E-state index in [9.17, 15) is 18.0 Å². The second-order valence-electron chi connectivity index (χ2n) is 7.65. The predicted octanol–water partition coefficient (Wildman–Crippen LogP) is 3.82. The average molecular weight is 416 g/mol. The van der Waals surface area contributed by atoms with Crippen LogP contribution in [0.5, 0.6) is 0 Å². The number of H-pyrrole nitrogens is 1. The van der Waals surface area contributed by atoms with Gasteiger partial charge in [-0.05, 0) is 30.7 Å². The van der Waals surface area contributed by atoms with Gasteiger partial charge in [0.05, 0.1) is 22.5 Å². The Balaban J connectivity index is 1.41. The fraction of sp³-hybridized carbons (Fsp3) is 0.364. The van der Waals surface area contributed by atoms with E-state index in [-0.39, 0.29) is 11.6 Å². The summed E-state index contributed by atoms with van der Waals surface area (Å²) in [6.45, 7) is 5.46. The van der Waals surface area contributed by atoms with E-state index in [0.717, 1.165) is 32.2 Å². The zero-order chi connectivity index (χ0) is 21.3. The normalized spacial score (nSPS) is 17.3. The summed E-state index contributed by atoms with van der Waals surface area (Å²) in [7, 11) is 0. The lowest BCUT2D eigenvalue weighted by Crippen LogP contribution is -2.47. The van der Waals surface area contributed by atoms with Crippen LogP contribution >= 0.6 is 0 Å². The van der Waals surface area contributed by atoms with Gasteiger partial charge in [-0.15, -0.1) is 0 Å². The minimum absolute atomic E-state index is 0.0574. The van der Waals surface area contributed by atoms with Crippen molar-refractivity contribution in [2.45, 2.75) is 25.7 Å². The molecule has 0 aliphatic carbocycles. The van der Waals surface area contributed by atoms with Gasteiger partial charge in [-0.3, -0.25) is 14.6 Å². The Bertz CT molecular complexity index is 1090. The van der Waals surface area contributed by atoms with Crippen molar-refractivity contribution in [3.05, 3.63) is 75.8 Å². The van der Waals surface area contributed by atoms with Crippen molar-refractivity contribution in [2.24, 2.45) is 0 Å². The lowest BCUT2D eigenvalue weighted by Gasteiger charge is -2.37. The molecule has 5 nitrogen and oxygen atoms in total. The van der Waals surface area contributed by atoms with Crippen molar-refractivity contribution in [1.29, 1.82) is 0 Å². The molecule has 0 saturated carbocycles. The molecule has 1 aromatic heterocycles. The van der Waals surface area contributed by atoms with Crippen LogP contribution in [0.2, 0.25) is 0 Å². The molecule has 2 heterocycles. The van der Waals surface area contributed by atoms with Gasteiger partial charge in [0.15, 0.2) is 0 Å². The number of piperazine rings is 1. The van der Waals surface area contributed by atoms with Gasteiger partial charge in [0, 0.05) is 32.7 Å². The first kappa shape index (κ1) is 20.6. The largest absolute Gasteiger partial charge is 0.416 e. The van der Waals surface area contributed by atoms with Crippen molar-refractivity contribution < 1.29 is 13.2 Å². The van der Waals surface area contributed by atoms with Crippen molar-refractivity contribution in [3.8, 4) is 0 Å². The number of hydrogen-bond acceptors (Lipinski definition) is 4. The van der Waals surface area contributed by atoms with Crippen LogP contribution in [-0.4, -0.2) is 45.9 Å². The van der Waals surface area contributed by atoms with E-state index >= 15 is 0 Å². The highest BCUT2D eigenvalue weighted by Gasteiger charge is 2.30. The predicted molar refractivity (Wildman–Crippen MR) is 109 cm³/mol. The molecule has 1 saturated heterocycles. The molecule has 2 aromatic carbocycles. The molecule has 158 valence electrons. The van der Waals surface area contributed by atoms with Crippen LogP contribution in [0.15, 0.2) is 53.3 Å². The summed E-state index contributed by atoms with van der Waals surface area (Å²) in [6.07, 6.45) is -4.33. The van der Waals surface area contributed by atoms with Crippen LogP contribution in [0, 0.1) is 0 Å². The second-order valence-corrected chi connectivity index (χ2v) is 7.65. The van der Waals surface area contributed by atoms with Gasteiger partial charge < -0.3 is 4.98 Å². The molecule has 0 bridgehead atoms. The number of nitrogens with one attached hydrogen (secondary N) is 1. The second kappa shape index (κ2) is 8.20. The zero-order valence-corrected chi connectivity index (χ0v) is 16.6. The fourth-order valence-corrected chi connectivity index (χ4v) is 3.89. The van der Waals surface area contributed by atoms with Gasteiger partial charge in [0.2, 0.25) is 0 Å². The van der Waals surface area contributed by atoms with Crippen LogP contribution in [0.3, 0.4) is 0 Å². The van der Waals surface area contributed by atoms with Crippen molar-refractivity contribution >= 4 is 10.9 Å². The van der Waals surface area contributed by atoms with Gasteiger partial charge in [0.25, 0.3) is 5.56 Å². The topological polar surface area (TPSA) is 52.2 Å². The number of benzene rings is 2. The molecule has 0 radical (unpaired) electrons. The molecule has 1 fully saturated rings. The summed E-state index contributed by atoms with van der Waals surface area (Å²) < 4.78 is 38.8. The van der Waals surface area contributed by atoms with Gasteiger partial charge in [0.1, 0.15) is 5.82 Å². The van der Waals surface area contributed by atoms with Gasteiger partial charge in [-0.2, -0.15) is 13.2 Å². The average Bonchev–Trinajstić information content (AvgIpc) is 2.73. The van der Waals surface area contributed by atoms with E-state index in [0.29, 0.717) is 28.8 Å². The number of hydrogen-bond donors (Lipinski definition) is 1. The maximum atomic E-state index is 12.9. The number of aromatic nitrogens is 2. The van der Waals surface area contributed by atoms with Crippen molar-refractivity contribution in [1.82, 2.24) is 19.8 Å². The molecule has 30 heavy (non-hydrogen) atoms. The van der Waals surface area contributed by atoms with E-state index in [1.807, 2.05) is 25.1 Å². The smallest absolute Gasteiger partial charge is 0.309 e. The molecular formula is C22H23F3N4O. The number of halogens is 3. The van der Waals surface area contributed by atoms with Gasteiger partial charge in [-0.1, -0.05) is 30.3 Å². The number of aromatic amines is 1. The van der Waals surface area contributed by atoms with Crippen LogP contribution < -0.4 is 5.56 Å². The first-order valence-corrected chi connectivity index (χ1v) is 9.93. The van der Waals surface area contributed by atoms with E-state index < -0.39 is 11.7 Å². The third kappa shape index (κ3) is 4.39. The molecule has 1 aliphatic heterocycles. The summed E-state index contributed by atoms with van der Waals surface area (Å²) in [5.41, 5.74) is 0.572. The first-order chi connectivity index (χ1) is 14.3. The number of para-hydroxylation sites is 1. The third-order valence-electron chi connectivity index (χ3n) is 5.64. The van der Waals surface area contributed by atoms with Crippen LogP contribution in [-0.2, 0) is 12.7 Å². The van der Waals surface area contributed by atoms with Gasteiger partial charge >= 0.3 is 6.18 Å². The summed E-state index contributed by atoms with van der Waals surface area (Å²) in [5.74, 6) is 0.630. The first-order valence-electron chi connectivity index (χ1n) is 9.93. The Labute approximate surface area is 172 Å². The van der Waals surface area contributed by atoms with E-state index in [2.05, 4.69) is 19.8 Å². The number of alkyl halides is 3. The van der Waals surface area contributed by atoms with Crippen LogP contribution in [0.4, 0.5) is 13.2 Å². The molecule has 1 N–H and O–H groups in total. The third-order valence-corrected chi connectivity index (χ3v) is 5.64. The Morgan fingerprint density at radius 1 is 1.07 bits per heavy atom. The Kier molecular flexibility index (Phi) is 5.62. The number of rotatable bonds is 4. The molecule has 0 amide bonds. The molecule has 0 unspecified atom stereocenters. The highest BCUT2D eigenvalue weighted by Crippen LogP contribution is 2.30. The summed E-state index contributed by atoms with van der Waals surface area (Å²) in [6, 6.07) is 12.7. The quantitative estimate of drug-likeness (QED) is 0.703.